The van der Waals surface area contributed by atoms with Gasteiger partial charge in [0.2, 0.25) is 0 Å². The molecule has 0 amide bonds. The molecular formula is C12H20N2S. The van der Waals surface area contributed by atoms with Crippen LogP contribution in [0, 0.1) is 6.92 Å². The first-order valence-electron chi connectivity index (χ1n) is 5.56. The van der Waals surface area contributed by atoms with E-state index in [2.05, 4.69) is 16.9 Å². The third-order valence-electron chi connectivity index (χ3n) is 2.23. The molecule has 84 valence electrons. The molecule has 0 saturated heterocycles. The lowest BCUT2D eigenvalue weighted by Gasteiger charge is -2.01. The zero-order valence-corrected chi connectivity index (χ0v) is 10.3. The first-order valence-corrected chi connectivity index (χ1v) is 6.37. The van der Waals surface area contributed by atoms with E-state index in [-0.39, 0.29) is 0 Å². The molecular weight excluding hydrogens is 204 g/mol. The van der Waals surface area contributed by atoms with Crippen LogP contribution < -0.4 is 5.32 Å². The zero-order valence-electron chi connectivity index (χ0n) is 9.46. The SMILES string of the molecule is C=CCCCCCNCc1cnc(C)s1. The number of aryl methyl sites for hydroxylation is 1. The molecule has 0 fully saturated rings. The van der Waals surface area contributed by atoms with Crippen molar-refractivity contribution >= 4 is 11.3 Å². The van der Waals surface area contributed by atoms with Gasteiger partial charge in [-0.1, -0.05) is 12.5 Å². The minimum absolute atomic E-state index is 0.965. The summed E-state index contributed by atoms with van der Waals surface area (Å²) in [5.41, 5.74) is 0. The van der Waals surface area contributed by atoms with E-state index in [1.165, 1.54) is 24.1 Å². The molecule has 0 unspecified atom stereocenters. The maximum atomic E-state index is 4.22. The fraction of sp³-hybridized carbons (Fsp3) is 0.583. The third-order valence-corrected chi connectivity index (χ3v) is 3.14. The van der Waals surface area contributed by atoms with Crippen LogP contribution in [0.3, 0.4) is 0 Å². The Morgan fingerprint density at radius 1 is 1.47 bits per heavy atom. The summed E-state index contributed by atoms with van der Waals surface area (Å²) in [4.78, 5) is 5.56. The lowest BCUT2D eigenvalue weighted by molar-refractivity contribution is 0.608. The van der Waals surface area contributed by atoms with E-state index in [0.717, 1.165) is 24.5 Å². The van der Waals surface area contributed by atoms with Crippen molar-refractivity contribution in [3.8, 4) is 0 Å². The van der Waals surface area contributed by atoms with Crippen LogP contribution in [0.25, 0.3) is 0 Å². The largest absolute Gasteiger partial charge is 0.312 e. The number of nitrogens with zero attached hydrogens (tertiary/aromatic N) is 1. The van der Waals surface area contributed by atoms with Gasteiger partial charge in [-0.15, -0.1) is 17.9 Å². The molecule has 1 rings (SSSR count). The smallest absolute Gasteiger partial charge is 0.0897 e. The van der Waals surface area contributed by atoms with Crippen LogP contribution in [0.4, 0.5) is 0 Å². The number of unbranched alkanes of at least 4 members (excludes halogenated alkanes) is 3. The number of aromatic nitrogens is 1. The molecule has 0 aliphatic heterocycles. The average molecular weight is 224 g/mol. The van der Waals surface area contributed by atoms with Gasteiger partial charge in [0.25, 0.3) is 0 Å². The van der Waals surface area contributed by atoms with E-state index in [1.807, 2.05) is 19.2 Å². The second-order valence-corrected chi connectivity index (χ2v) is 4.98. The highest BCUT2D eigenvalue weighted by molar-refractivity contribution is 7.11. The summed E-state index contributed by atoms with van der Waals surface area (Å²) in [6, 6.07) is 0. The number of hydrogen-bond acceptors (Lipinski definition) is 3. The third kappa shape index (κ3) is 5.70. The Balaban J connectivity index is 1.95. The molecule has 1 aromatic heterocycles. The van der Waals surface area contributed by atoms with Gasteiger partial charge in [0, 0.05) is 17.6 Å². The van der Waals surface area contributed by atoms with Gasteiger partial charge in [-0.3, -0.25) is 0 Å². The van der Waals surface area contributed by atoms with E-state index >= 15 is 0 Å². The molecule has 15 heavy (non-hydrogen) atoms. The Morgan fingerprint density at radius 3 is 3.00 bits per heavy atom. The van der Waals surface area contributed by atoms with Gasteiger partial charge in [0.1, 0.15) is 0 Å². The fourth-order valence-electron chi connectivity index (χ4n) is 1.41. The molecule has 0 radical (unpaired) electrons. The molecule has 2 nitrogen and oxygen atoms in total. The number of nitrogens with one attached hydrogen (secondary N) is 1. The van der Waals surface area contributed by atoms with Crippen molar-refractivity contribution in [2.24, 2.45) is 0 Å². The molecule has 3 heteroatoms. The Kier molecular flexibility index (Phi) is 6.28. The summed E-state index contributed by atoms with van der Waals surface area (Å²) in [6.07, 6.45) is 8.92. The van der Waals surface area contributed by atoms with Crippen molar-refractivity contribution in [3.63, 3.8) is 0 Å². The molecule has 1 N–H and O–H groups in total. The number of hydrogen-bond donors (Lipinski definition) is 1. The number of thiazole rings is 1. The van der Waals surface area contributed by atoms with Gasteiger partial charge in [-0.05, 0) is 32.7 Å². The van der Waals surface area contributed by atoms with Crippen molar-refractivity contribution in [2.45, 2.75) is 39.2 Å². The van der Waals surface area contributed by atoms with Crippen molar-refractivity contribution in [1.82, 2.24) is 10.3 Å². The number of rotatable bonds is 8. The maximum Gasteiger partial charge on any atom is 0.0897 e. The monoisotopic (exact) mass is 224 g/mol. The fourth-order valence-corrected chi connectivity index (χ4v) is 2.18. The van der Waals surface area contributed by atoms with E-state index in [1.54, 1.807) is 11.3 Å². The standard InChI is InChI=1S/C12H20N2S/c1-3-4-5-6-7-8-13-9-12-10-14-11(2)15-12/h3,10,13H,1,4-9H2,2H3. The lowest BCUT2D eigenvalue weighted by Crippen LogP contribution is -2.13. The molecule has 0 spiro atoms. The summed E-state index contributed by atoms with van der Waals surface area (Å²) >= 11 is 1.77. The Morgan fingerprint density at radius 2 is 2.33 bits per heavy atom. The second kappa shape index (κ2) is 7.60. The summed E-state index contributed by atoms with van der Waals surface area (Å²) in [7, 11) is 0. The first kappa shape index (κ1) is 12.4. The molecule has 0 aromatic carbocycles. The van der Waals surface area contributed by atoms with Gasteiger partial charge >= 0.3 is 0 Å². The van der Waals surface area contributed by atoms with Crippen LogP contribution in [-0.4, -0.2) is 11.5 Å². The predicted molar refractivity (Wildman–Crippen MR) is 67.2 cm³/mol. The summed E-state index contributed by atoms with van der Waals surface area (Å²) in [5, 5.41) is 4.59. The highest BCUT2D eigenvalue weighted by Crippen LogP contribution is 2.10. The summed E-state index contributed by atoms with van der Waals surface area (Å²) in [5.74, 6) is 0. The van der Waals surface area contributed by atoms with Gasteiger partial charge < -0.3 is 5.32 Å². The molecule has 0 aliphatic rings. The highest BCUT2D eigenvalue weighted by atomic mass is 32.1. The normalized spacial score (nSPS) is 10.5. The molecule has 0 bridgehead atoms. The van der Waals surface area contributed by atoms with Crippen molar-refractivity contribution in [2.75, 3.05) is 6.54 Å². The molecule has 0 aliphatic carbocycles. The van der Waals surface area contributed by atoms with Gasteiger partial charge in [-0.2, -0.15) is 0 Å². The Hall–Kier alpha value is -0.670. The van der Waals surface area contributed by atoms with Crippen LogP contribution in [0.5, 0.6) is 0 Å². The molecule has 1 aromatic rings. The Labute approximate surface area is 96.4 Å². The summed E-state index contributed by atoms with van der Waals surface area (Å²) < 4.78 is 0. The predicted octanol–water partition coefficient (Wildman–Crippen LogP) is 3.29. The topological polar surface area (TPSA) is 24.9 Å². The van der Waals surface area contributed by atoms with Crippen LogP contribution in [0.15, 0.2) is 18.9 Å². The van der Waals surface area contributed by atoms with E-state index in [4.69, 9.17) is 0 Å². The van der Waals surface area contributed by atoms with Gasteiger partial charge in [0.05, 0.1) is 5.01 Å². The van der Waals surface area contributed by atoms with E-state index in [0.29, 0.717) is 0 Å². The second-order valence-electron chi connectivity index (χ2n) is 3.66. The van der Waals surface area contributed by atoms with Crippen molar-refractivity contribution in [3.05, 3.63) is 28.7 Å². The number of allylic oxidation sites excluding steroid dienone is 1. The maximum absolute atomic E-state index is 4.22. The Bertz CT molecular complexity index is 281. The van der Waals surface area contributed by atoms with Crippen LogP contribution in [0.1, 0.15) is 35.6 Å². The van der Waals surface area contributed by atoms with Crippen molar-refractivity contribution in [1.29, 1.82) is 0 Å². The van der Waals surface area contributed by atoms with Crippen LogP contribution in [0.2, 0.25) is 0 Å². The quantitative estimate of drug-likeness (QED) is 0.541. The zero-order chi connectivity index (χ0) is 10.9. The molecule has 1 heterocycles. The van der Waals surface area contributed by atoms with Crippen LogP contribution in [-0.2, 0) is 6.54 Å². The minimum atomic E-state index is 0.965. The van der Waals surface area contributed by atoms with E-state index in [9.17, 15) is 0 Å². The van der Waals surface area contributed by atoms with Crippen molar-refractivity contribution < 1.29 is 0 Å². The van der Waals surface area contributed by atoms with Gasteiger partial charge in [0.15, 0.2) is 0 Å². The van der Waals surface area contributed by atoms with Gasteiger partial charge in [-0.25, -0.2) is 4.98 Å². The average Bonchev–Trinajstić information content (AvgIpc) is 2.63. The summed E-state index contributed by atoms with van der Waals surface area (Å²) in [6.45, 7) is 7.83. The molecule has 0 saturated carbocycles. The van der Waals surface area contributed by atoms with E-state index < -0.39 is 0 Å². The van der Waals surface area contributed by atoms with Crippen LogP contribution >= 0.6 is 11.3 Å². The molecule has 0 atom stereocenters. The first-order chi connectivity index (χ1) is 7.33. The highest BCUT2D eigenvalue weighted by Gasteiger charge is 1.96. The minimum Gasteiger partial charge on any atom is -0.312 e. The lowest BCUT2D eigenvalue weighted by atomic mass is 10.2.